The number of nitrogens with zero attached hydrogens (tertiary/aromatic N) is 4. The first-order valence-electron chi connectivity index (χ1n) is 8.75. The van der Waals surface area contributed by atoms with E-state index in [1.807, 2.05) is 42.5 Å². The summed E-state index contributed by atoms with van der Waals surface area (Å²) in [6.45, 7) is 0. The molecule has 0 N–H and O–H groups in total. The number of para-hydroxylation sites is 1. The largest absolute Gasteiger partial charge is 0.420 e. The van der Waals surface area contributed by atoms with Crippen molar-refractivity contribution in [3.63, 3.8) is 0 Å². The SMILES string of the molecule is Clc1ccccc1-c1nnc(CSc2nc(C3CC3)nc3ccccc23)o1. The van der Waals surface area contributed by atoms with Gasteiger partial charge in [-0.15, -0.1) is 10.2 Å². The van der Waals surface area contributed by atoms with Gasteiger partial charge >= 0.3 is 0 Å². The van der Waals surface area contributed by atoms with Crippen LogP contribution in [0.1, 0.15) is 30.5 Å². The van der Waals surface area contributed by atoms with E-state index in [0.29, 0.717) is 28.5 Å². The van der Waals surface area contributed by atoms with Crippen LogP contribution in [0.5, 0.6) is 0 Å². The van der Waals surface area contributed by atoms with E-state index >= 15 is 0 Å². The Kier molecular flexibility index (Phi) is 4.30. The molecule has 0 spiro atoms. The van der Waals surface area contributed by atoms with Gasteiger partial charge in [-0.25, -0.2) is 9.97 Å². The van der Waals surface area contributed by atoms with E-state index in [1.165, 1.54) is 12.8 Å². The summed E-state index contributed by atoms with van der Waals surface area (Å²) < 4.78 is 5.80. The average molecular weight is 395 g/mol. The molecule has 5 rings (SSSR count). The highest BCUT2D eigenvalue weighted by Crippen LogP contribution is 2.40. The molecule has 5 nitrogen and oxygen atoms in total. The van der Waals surface area contributed by atoms with Crippen LogP contribution in [0.3, 0.4) is 0 Å². The molecule has 0 radical (unpaired) electrons. The predicted molar refractivity (Wildman–Crippen MR) is 106 cm³/mol. The molecule has 0 atom stereocenters. The Morgan fingerprint density at radius 1 is 1.00 bits per heavy atom. The molecule has 1 aliphatic rings. The lowest BCUT2D eigenvalue weighted by atomic mass is 10.2. The van der Waals surface area contributed by atoms with Crippen LogP contribution in [-0.4, -0.2) is 20.2 Å². The Labute approximate surface area is 165 Å². The maximum absolute atomic E-state index is 6.21. The first-order valence-corrected chi connectivity index (χ1v) is 10.1. The Bertz CT molecular complexity index is 1130. The molecule has 134 valence electrons. The number of hydrogen-bond donors (Lipinski definition) is 0. The first kappa shape index (κ1) is 16.7. The minimum atomic E-state index is 0.433. The number of aromatic nitrogens is 4. The van der Waals surface area contributed by atoms with Crippen LogP contribution in [0.2, 0.25) is 5.02 Å². The third-order valence-electron chi connectivity index (χ3n) is 4.43. The van der Waals surface area contributed by atoms with Crippen molar-refractivity contribution in [3.8, 4) is 11.5 Å². The summed E-state index contributed by atoms with van der Waals surface area (Å²) in [7, 11) is 0. The summed E-state index contributed by atoms with van der Waals surface area (Å²) in [6.07, 6.45) is 2.35. The Balaban J connectivity index is 1.41. The minimum absolute atomic E-state index is 0.433. The number of rotatable bonds is 5. The second-order valence-corrected chi connectivity index (χ2v) is 7.82. The van der Waals surface area contributed by atoms with E-state index in [0.717, 1.165) is 27.3 Å². The molecule has 0 saturated heterocycles. The van der Waals surface area contributed by atoms with E-state index in [2.05, 4.69) is 16.3 Å². The zero-order chi connectivity index (χ0) is 18.2. The van der Waals surface area contributed by atoms with E-state index in [-0.39, 0.29) is 0 Å². The van der Waals surface area contributed by atoms with Gasteiger partial charge in [0, 0.05) is 11.3 Å². The molecule has 7 heteroatoms. The summed E-state index contributed by atoms with van der Waals surface area (Å²) >= 11 is 7.80. The Morgan fingerprint density at radius 2 is 1.81 bits per heavy atom. The van der Waals surface area contributed by atoms with Crippen LogP contribution >= 0.6 is 23.4 Å². The molecule has 2 aromatic carbocycles. The molecule has 0 amide bonds. The highest BCUT2D eigenvalue weighted by molar-refractivity contribution is 7.98. The summed E-state index contributed by atoms with van der Waals surface area (Å²) in [5, 5.41) is 10.9. The first-order chi connectivity index (χ1) is 13.3. The van der Waals surface area contributed by atoms with Crippen LogP contribution in [-0.2, 0) is 5.75 Å². The quantitative estimate of drug-likeness (QED) is 0.329. The molecule has 2 aromatic heterocycles. The van der Waals surface area contributed by atoms with Crippen LogP contribution in [0, 0.1) is 0 Å². The summed E-state index contributed by atoms with van der Waals surface area (Å²) in [6, 6.07) is 15.5. The van der Waals surface area contributed by atoms with Gasteiger partial charge in [-0.1, -0.05) is 53.7 Å². The van der Waals surface area contributed by atoms with Crippen molar-refractivity contribution >= 4 is 34.3 Å². The lowest BCUT2D eigenvalue weighted by molar-refractivity contribution is 0.528. The number of fused-ring (bicyclic) bond motifs is 1. The number of thioether (sulfide) groups is 1. The van der Waals surface area contributed by atoms with Gasteiger partial charge in [0.1, 0.15) is 10.9 Å². The van der Waals surface area contributed by atoms with Gasteiger partial charge < -0.3 is 4.42 Å². The van der Waals surface area contributed by atoms with Crippen molar-refractivity contribution in [1.29, 1.82) is 0 Å². The second kappa shape index (κ2) is 6.94. The fraction of sp³-hybridized carbons (Fsp3) is 0.200. The predicted octanol–water partition coefficient (Wildman–Crippen LogP) is 5.50. The van der Waals surface area contributed by atoms with Crippen molar-refractivity contribution in [1.82, 2.24) is 20.2 Å². The van der Waals surface area contributed by atoms with Crippen molar-refractivity contribution in [2.24, 2.45) is 0 Å². The summed E-state index contributed by atoms with van der Waals surface area (Å²) in [4.78, 5) is 9.51. The average Bonchev–Trinajstić information content (AvgIpc) is 3.45. The van der Waals surface area contributed by atoms with Gasteiger partial charge in [-0.3, -0.25) is 0 Å². The second-order valence-electron chi connectivity index (χ2n) is 6.45. The summed E-state index contributed by atoms with van der Waals surface area (Å²) in [5.74, 6) is 2.97. The zero-order valence-corrected chi connectivity index (χ0v) is 15.9. The van der Waals surface area contributed by atoms with Gasteiger partial charge in [-0.05, 0) is 31.0 Å². The van der Waals surface area contributed by atoms with Crippen molar-refractivity contribution in [3.05, 3.63) is 65.3 Å². The molecule has 1 aliphatic carbocycles. The normalized spacial score (nSPS) is 14.0. The standard InChI is InChI=1S/C20H15ClN4OS/c21-15-7-3-1-5-13(15)19-25-24-17(26-19)11-27-20-14-6-2-4-8-16(14)22-18(23-20)12-9-10-12/h1-8,12H,9-11H2. The zero-order valence-electron chi connectivity index (χ0n) is 14.3. The van der Waals surface area contributed by atoms with E-state index in [4.69, 9.17) is 26.0 Å². The van der Waals surface area contributed by atoms with E-state index in [1.54, 1.807) is 11.8 Å². The number of hydrogen-bond acceptors (Lipinski definition) is 6. The molecule has 4 aromatic rings. The highest BCUT2D eigenvalue weighted by atomic mass is 35.5. The molecule has 0 aliphatic heterocycles. The van der Waals surface area contributed by atoms with Crippen LogP contribution in [0.25, 0.3) is 22.4 Å². The maximum atomic E-state index is 6.21. The van der Waals surface area contributed by atoms with Crippen LogP contribution in [0.15, 0.2) is 58.0 Å². The lowest BCUT2D eigenvalue weighted by Crippen LogP contribution is -1.96. The monoisotopic (exact) mass is 394 g/mol. The minimum Gasteiger partial charge on any atom is -0.420 e. The molecule has 0 bridgehead atoms. The fourth-order valence-corrected chi connectivity index (χ4v) is 3.96. The van der Waals surface area contributed by atoms with Crippen LogP contribution < -0.4 is 0 Å². The van der Waals surface area contributed by atoms with Gasteiger partial charge in [0.05, 0.1) is 21.9 Å². The smallest absolute Gasteiger partial charge is 0.249 e. The molecular weight excluding hydrogens is 380 g/mol. The summed E-state index contributed by atoms with van der Waals surface area (Å²) in [5.41, 5.74) is 1.73. The lowest BCUT2D eigenvalue weighted by Gasteiger charge is -2.06. The molecule has 1 fully saturated rings. The molecule has 27 heavy (non-hydrogen) atoms. The van der Waals surface area contributed by atoms with Crippen LogP contribution in [0.4, 0.5) is 0 Å². The third-order valence-corrected chi connectivity index (χ3v) is 5.74. The maximum Gasteiger partial charge on any atom is 0.249 e. The molecule has 2 heterocycles. The fourth-order valence-electron chi connectivity index (χ4n) is 2.88. The van der Waals surface area contributed by atoms with Gasteiger partial charge in [0.15, 0.2) is 0 Å². The van der Waals surface area contributed by atoms with Gasteiger partial charge in [0.2, 0.25) is 11.8 Å². The van der Waals surface area contributed by atoms with Gasteiger partial charge in [-0.2, -0.15) is 0 Å². The van der Waals surface area contributed by atoms with E-state index < -0.39 is 0 Å². The van der Waals surface area contributed by atoms with Crippen molar-refractivity contribution in [2.75, 3.05) is 0 Å². The number of halogens is 1. The topological polar surface area (TPSA) is 64.7 Å². The van der Waals surface area contributed by atoms with Crippen molar-refractivity contribution in [2.45, 2.75) is 29.5 Å². The third kappa shape index (κ3) is 3.42. The Hall–Kier alpha value is -2.44. The van der Waals surface area contributed by atoms with E-state index in [9.17, 15) is 0 Å². The highest BCUT2D eigenvalue weighted by Gasteiger charge is 2.27. The number of benzene rings is 2. The van der Waals surface area contributed by atoms with Gasteiger partial charge in [0.25, 0.3) is 0 Å². The Morgan fingerprint density at radius 3 is 2.67 bits per heavy atom. The molecule has 1 saturated carbocycles. The molecular formula is C20H15ClN4OS. The van der Waals surface area contributed by atoms with Crippen molar-refractivity contribution < 1.29 is 4.42 Å². The molecule has 0 unspecified atom stereocenters.